The highest BCUT2D eigenvalue weighted by atomic mass is 32.1. The van der Waals surface area contributed by atoms with Crippen LogP contribution in [0.4, 0.5) is 0 Å². The molecule has 0 radical (unpaired) electrons. The van der Waals surface area contributed by atoms with E-state index in [-0.39, 0.29) is 51.2 Å². The lowest BCUT2D eigenvalue weighted by atomic mass is 9.76. The molecule has 14 nitrogen and oxygen atoms in total. The van der Waals surface area contributed by atoms with Gasteiger partial charge in [-0.05, 0) is 78.4 Å². The van der Waals surface area contributed by atoms with Gasteiger partial charge in [0, 0.05) is 35.9 Å². The number of hydrogen-bond acceptors (Lipinski definition) is 14. The van der Waals surface area contributed by atoms with Crippen LogP contribution in [0.3, 0.4) is 0 Å². The Labute approximate surface area is 317 Å². The van der Waals surface area contributed by atoms with Crippen LogP contribution in [0, 0.1) is 17.8 Å². The Hall–Kier alpha value is -2.63. The minimum atomic E-state index is -1.79. The third-order valence-electron chi connectivity index (χ3n) is 10.8. The van der Waals surface area contributed by atoms with E-state index in [9.17, 15) is 24.6 Å². The third-order valence-corrected chi connectivity index (χ3v) is 11.6. The summed E-state index contributed by atoms with van der Waals surface area (Å²) in [7, 11) is 3.74. The second-order valence-corrected chi connectivity index (χ2v) is 16.5. The average Bonchev–Trinajstić information content (AvgIpc) is 3.61. The van der Waals surface area contributed by atoms with Crippen LogP contribution < -0.4 is 0 Å². The Morgan fingerprint density at radius 2 is 1.87 bits per heavy atom. The van der Waals surface area contributed by atoms with Gasteiger partial charge < -0.3 is 43.6 Å². The molecule has 3 fully saturated rings. The smallest absolute Gasteiger partial charge is 0.316 e. The number of aliphatic hydroxyl groups excluding tert-OH is 1. The maximum absolute atomic E-state index is 14.4. The standard InChI is InChI=1S/C38H59N3O11S/c1-11-30-38(8,46)31-16-28(39-25(6)42)21(2)17-37(7,48-19-26(18-47-31)40-49-20-27-13-12-14-53-27)34(23(4)32(43)24(5)35(45)51-30)52-36-33(44)29(41(9)10)15-22(3)50-36/h12-14,21-24,29-31,33-34,36,44,46H,11,15-20H2,1-10H3/b39-28?,40-26-/t21-,22-,23+,24-,29+,30+,31+,33-,34-,36+,37-,38-/m1/s1. The fourth-order valence-corrected chi connectivity index (χ4v) is 8.21. The van der Waals surface area contributed by atoms with Crippen molar-refractivity contribution in [1.29, 1.82) is 0 Å². The number of cyclic esters (lactones) is 1. The number of carbonyl (C=O) groups is 3. The molecule has 12 atom stereocenters. The Kier molecular flexibility index (Phi) is 14.9. The lowest BCUT2D eigenvalue weighted by Gasteiger charge is -2.47. The lowest BCUT2D eigenvalue weighted by Crippen LogP contribution is -2.59. The molecule has 3 aliphatic rings. The van der Waals surface area contributed by atoms with Crippen molar-refractivity contribution in [2.24, 2.45) is 27.9 Å². The van der Waals surface area contributed by atoms with E-state index < -0.39 is 77.3 Å². The van der Waals surface area contributed by atoms with Gasteiger partial charge in [0.1, 0.15) is 29.4 Å². The molecule has 2 N–H and O–H groups in total. The topological polar surface area (TPSA) is 175 Å². The zero-order chi connectivity index (χ0) is 39.2. The van der Waals surface area contributed by atoms with Gasteiger partial charge in [-0.15, -0.1) is 11.3 Å². The number of likely N-dealkylation sites (N-methyl/N-ethyl adjacent to an activating group) is 1. The number of rotatable bonds is 7. The normalized spacial score (nSPS) is 39.6. The minimum Gasteiger partial charge on any atom is -0.459 e. The maximum atomic E-state index is 14.4. The molecule has 0 unspecified atom stereocenters. The summed E-state index contributed by atoms with van der Waals surface area (Å²) in [6, 6.07) is 3.54. The largest absolute Gasteiger partial charge is 0.459 e. The summed E-state index contributed by atoms with van der Waals surface area (Å²) in [6.07, 6.45) is -4.81. The van der Waals surface area contributed by atoms with Crippen molar-refractivity contribution in [3.05, 3.63) is 22.4 Å². The summed E-state index contributed by atoms with van der Waals surface area (Å²) in [6.45, 7) is 13.2. The monoisotopic (exact) mass is 765 g/mol. The number of oxime groups is 1. The van der Waals surface area contributed by atoms with Gasteiger partial charge in [-0.25, -0.2) is 4.99 Å². The van der Waals surface area contributed by atoms with Gasteiger partial charge >= 0.3 is 5.97 Å². The zero-order valence-electron chi connectivity index (χ0n) is 32.8. The average molecular weight is 766 g/mol. The summed E-state index contributed by atoms with van der Waals surface area (Å²) >= 11 is 1.52. The van der Waals surface area contributed by atoms with E-state index >= 15 is 0 Å². The maximum Gasteiger partial charge on any atom is 0.316 e. The van der Waals surface area contributed by atoms with Crippen molar-refractivity contribution >= 4 is 40.4 Å². The van der Waals surface area contributed by atoms with E-state index in [0.717, 1.165) is 4.88 Å². The van der Waals surface area contributed by atoms with Crippen LogP contribution in [-0.2, 0) is 49.5 Å². The van der Waals surface area contributed by atoms with Crippen molar-refractivity contribution in [2.75, 3.05) is 27.3 Å². The van der Waals surface area contributed by atoms with Crippen LogP contribution in [-0.4, -0.2) is 126 Å². The van der Waals surface area contributed by atoms with Crippen LogP contribution in [0.5, 0.6) is 0 Å². The third kappa shape index (κ3) is 10.6. The number of thiophene rings is 1. The van der Waals surface area contributed by atoms with Crippen molar-refractivity contribution in [2.45, 2.75) is 142 Å². The highest BCUT2D eigenvalue weighted by Gasteiger charge is 2.51. The van der Waals surface area contributed by atoms with Gasteiger partial charge in [0.15, 0.2) is 18.7 Å². The number of ketones is 1. The van der Waals surface area contributed by atoms with Gasteiger partial charge in [-0.2, -0.15) is 0 Å². The van der Waals surface area contributed by atoms with Crippen molar-refractivity contribution in [1.82, 2.24) is 4.90 Å². The van der Waals surface area contributed by atoms with Crippen LogP contribution in [0.25, 0.3) is 0 Å². The number of aliphatic hydroxyl groups is 2. The molecule has 0 aromatic carbocycles. The van der Waals surface area contributed by atoms with Gasteiger partial charge in [-0.1, -0.05) is 32.0 Å². The Balaban J connectivity index is 1.91. The highest BCUT2D eigenvalue weighted by Crippen LogP contribution is 2.39. The molecule has 3 aliphatic heterocycles. The first-order valence-electron chi connectivity index (χ1n) is 18.5. The first-order valence-corrected chi connectivity index (χ1v) is 19.4. The molecule has 1 aromatic heterocycles. The summed E-state index contributed by atoms with van der Waals surface area (Å²) in [5.41, 5.74) is -2.37. The van der Waals surface area contributed by atoms with Crippen LogP contribution in [0.15, 0.2) is 27.7 Å². The molecular weight excluding hydrogens is 706 g/mol. The van der Waals surface area contributed by atoms with E-state index in [4.69, 9.17) is 28.5 Å². The number of nitrogens with zero attached hydrogens (tertiary/aromatic N) is 3. The molecule has 4 rings (SSSR count). The Morgan fingerprint density at radius 1 is 1.15 bits per heavy atom. The van der Waals surface area contributed by atoms with Crippen LogP contribution >= 0.6 is 11.3 Å². The first-order chi connectivity index (χ1) is 24.9. The molecule has 15 heteroatoms. The number of esters is 1. The summed E-state index contributed by atoms with van der Waals surface area (Å²) in [5, 5.41) is 30.0. The fourth-order valence-electron chi connectivity index (χ4n) is 7.60. The summed E-state index contributed by atoms with van der Waals surface area (Å²) < 4.78 is 32.0. The van der Waals surface area contributed by atoms with Gasteiger partial charge in [0.2, 0.25) is 5.91 Å². The number of aliphatic imine (C=N–C) groups is 1. The van der Waals surface area contributed by atoms with Crippen molar-refractivity contribution in [3.63, 3.8) is 0 Å². The summed E-state index contributed by atoms with van der Waals surface area (Å²) in [4.78, 5) is 53.7. The number of ether oxygens (including phenoxy) is 5. The first kappa shape index (κ1) is 43.1. The SMILES string of the molecule is CC[C@@H]1OC(=O)[C@H](C)C(=O)[C@H](C)[C@@H](O[C@@H]2O[C@H](C)C[C@H](N(C)C)[C@H]2O)[C@@]2(C)C[C@@H](C)C(=NC(C)=O)C[C@H](OC/C(=N/OCc3cccs3)CO2)[C@]1(C)O. The number of hydrogen-bond donors (Lipinski definition) is 2. The Morgan fingerprint density at radius 3 is 2.49 bits per heavy atom. The highest BCUT2D eigenvalue weighted by molar-refractivity contribution is 7.09. The molecule has 1 aromatic rings. The van der Waals surface area contributed by atoms with E-state index in [0.29, 0.717) is 17.8 Å². The second-order valence-electron chi connectivity index (χ2n) is 15.4. The molecule has 2 bridgehead atoms. The number of Topliss-reactive ketones (excluding diaryl/α,β-unsaturated/α-hetero) is 1. The van der Waals surface area contributed by atoms with Gasteiger partial charge in [0.25, 0.3) is 0 Å². The van der Waals surface area contributed by atoms with E-state index in [1.807, 2.05) is 50.4 Å². The predicted molar refractivity (Wildman–Crippen MR) is 199 cm³/mol. The van der Waals surface area contributed by atoms with Gasteiger partial charge in [-0.3, -0.25) is 14.4 Å². The van der Waals surface area contributed by atoms with Crippen LogP contribution in [0.2, 0.25) is 0 Å². The summed E-state index contributed by atoms with van der Waals surface area (Å²) in [5.74, 6) is -4.45. The van der Waals surface area contributed by atoms with E-state index in [2.05, 4.69) is 10.1 Å². The zero-order valence-corrected chi connectivity index (χ0v) is 33.6. The molecule has 1 amide bonds. The number of amides is 1. The number of fused-ring (bicyclic) bond motifs is 5. The second kappa shape index (κ2) is 18.3. The van der Waals surface area contributed by atoms with E-state index in [1.54, 1.807) is 20.8 Å². The van der Waals surface area contributed by atoms with Crippen molar-refractivity contribution in [3.8, 4) is 0 Å². The molecule has 3 saturated heterocycles. The predicted octanol–water partition coefficient (Wildman–Crippen LogP) is 3.94. The molecule has 0 spiro atoms. The Bertz CT molecular complexity index is 1470. The quantitative estimate of drug-likeness (QED) is 0.233. The van der Waals surface area contributed by atoms with Crippen molar-refractivity contribution < 1.29 is 53.1 Å². The molecule has 0 aliphatic carbocycles. The van der Waals surface area contributed by atoms with Gasteiger partial charge in [0.05, 0.1) is 37.1 Å². The minimum absolute atomic E-state index is 0.00322. The molecule has 0 saturated carbocycles. The fraction of sp³-hybridized carbons (Fsp3) is 0.763. The molecule has 53 heavy (non-hydrogen) atoms. The lowest BCUT2D eigenvalue weighted by molar-refractivity contribution is -0.296. The van der Waals surface area contributed by atoms with E-state index in [1.165, 1.54) is 32.1 Å². The number of carbonyl (C=O) groups excluding carboxylic acids is 3. The molecule has 298 valence electrons. The molecule has 4 heterocycles. The molecular formula is C38H59N3O11S. The van der Waals surface area contributed by atoms with Crippen LogP contribution in [0.1, 0.15) is 86.0 Å².